The first kappa shape index (κ1) is 27.7. The van der Waals surface area contributed by atoms with Crippen LogP contribution in [0.2, 0.25) is 0 Å². The summed E-state index contributed by atoms with van der Waals surface area (Å²) in [5.41, 5.74) is -5.02. The van der Waals surface area contributed by atoms with Gasteiger partial charge >= 0.3 is 6.18 Å². The van der Waals surface area contributed by atoms with Gasteiger partial charge in [0.15, 0.2) is 5.82 Å². The van der Waals surface area contributed by atoms with Crippen LogP contribution in [0.1, 0.15) is 30.9 Å². The van der Waals surface area contributed by atoms with Crippen LogP contribution in [-0.2, 0) is 12.7 Å². The second-order valence-corrected chi connectivity index (χ2v) is 8.56. The predicted molar refractivity (Wildman–Crippen MR) is 124 cm³/mol. The van der Waals surface area contributed by atoms with Gasteiger partial charge in [0.25, 0.3) is 17.5 Å². The number of aromatic nitrogens is 6. The summed E-state index contributed by atoms with van der Waals surface area (Å²) in [5.74, 6) is -1.15. The predicted octanol–water partition coefficient (Wildman–Crippen LogP) is 4.26. The SMILES string of the molecule is C[C@@H](C[C@H](F)Cn1cnc2cc(-c3ncc(C(F)F)cn3)c(F)cc2c1=O)Nc1cn[nH]c(=O)c1C(F)(F)F. The highest BCUT2D eigenvalue weighted by molar-refractivity contribution is 5.82. The van der Waals surface area contributed by atoms with Crippen LogP contribution in [-0.4, -0.2) is 41.9 Å². The number of fused-ring (bicyclic) bond motifs is 1. The Morgan fingerprint density at radius 2 is 1.74 bits per heavy atom. The second-order valence-electron chi connectivity index (χ2n) is 8.56. The van der Waals surface area contributed by atoms with E-state index in [2.05, 4.69) is 25.4 Å². The van der Waals surface area contributed by atoms with Gasteiger partial charge in [0.1, 0.15) is 17.6 Å². The first-order valence-corrected chi connectivity index (χ1v) is 11.2. The lowest BCUT2D eigenvalue weighted by atomic mass is 10.1. The van der Waals surface area contributed by atoms with Gasteiger partial charge in [-0.2, -0.15) is 18.3 Å². The van der Waals surface area contributed by atoms with Crippen LogP contribution in [0, 0.1) is 5.82 Å². The normalized spacial score (nSPS) is 13.6. The van der Waals surface area contributed by atoms with Crippen molar-refractivity contribution in [3.05, 3.63) is 74.7 Å². The Balaban J connectivity index is 1.51. The summed E-state index contributed by atoms with van der Waals surface area (Å²) < 4.78 is 95.5. The zero-order valence-electron chi connectivity index (χ0n) is 19.8. The highest BCUT2D eigenvalue weighted by atomic mass is 19.4. The third kappa shape index (κ3) is 6.04. The van der Waals surface area contributed by atoms with Crippen LogP contribution in [0.25, 0.3) is 22.3 Å². The van der Waals surface area contributed by atoms with Gasteiger partial charge in [-0.3, -0.25) is 14.2 Å². The fourth-order valence-electron chi connectivity index (χ4n) is 3.86. The van der Waals surface area contributed by atoms with Gasteiger partial charge in [-0.1, -0.05) is 0 Å². The van der Waals surface area contributed by atoms with Gasteiger partial charge in [-0.15, -0.1) is 0 Å². The summed E-state index contributed by atoms with van der Waals surface area (Å²) in [5, 5.41) is 7.22. The molecule has 2 atom stereocenters. The zero-order valence-corrected chi connectivity index (χ0v) is 19.8. The number of aromatic amines is 1. The molecule has 206 valence electrons. The van der Waals surface area contributed by atoms with Crippen molar-refractivity contribution in [2.75, 3.05) is 5.32 Å². The Morgan fingerprint density at radius 3 is 2.38 bits per heavy atom. The zero-order chi connectivity index (χ0) is 28.5. The monoisotopic (exact) mass is 557 g/mol. The minimum absolute atomic E-state index is 0.0149. The first-order valence-electron chi connectivity index (χ1n) is 11.2. The Bertz CT molecular complexity index is 1600. The average Bonchev–Trinajstić information content (AvgIpc) is 2.85. The van der Waals surface area contributed by atoms with Gasteiger partial charge in [0, 0.05) is 24.9 Å². The third-order valence-electron chi connectivity index (χ3n) is 5.62. The average molecular weight is 557 g/mol. The molecule has 0 saturated heterocycles. The van der Waals surface area contributed by atoms with Crippen LogP contribution >= 0.6 is 0 Å². The Labute approximate surface area is 213 Å². The summed E-state index contributed by atoms with van der Waals surface area (Å²) >= 11 is 0. The van der Waals surface area contributed by atoms with Crippen molar-refractivity contribution >= 4 is 16.6 Å². The maximum Gasteiger partial charge on any atom is 0.423 e. The number of hydrogen-bond acceptors (Lipinski definition) is 7. The van der Waals surface area contributed by atoms with Crippen molar-refractivity contribution < 1.29 is 30.7 Å². The van der Waals surface area contributed by atoms with Gasteiger partial charge in [0.2, 0.25) is 0 Å². The lowest BCUT2D eigenvalue weighted by Gasteiger charge is -2.20. The van der Waals surface area contributed by atoms with E-state index in [1.54, 1.807) is 5.10 Å². The first-order chi connectivity index (χ1) is 18.3. The largest absolute Gasteiger partial charge is 0.423 e. The molecule has 0 aliphatic heterocycles. The molecule has 0 radical (unpaired) electrons. The molecule has 9 nitrogen and oxygen atoms in total. The minimum Gasteiger partial charge on any atom is -0.381 e. The molecule has 16 heteroatoms. The number of alkyl halides is 6. The van der Waals surface area contributed by atoms with E-state index in [4.69, 9.17) is 0 Å². The molecular weight excluding hydrogens is 539 g/mol. The Morgan fingerprint density at radius 1 is 1.05 bits per heavy atom. The molecule has 0 fully saturated rings. The molecule has 4 aromatic rings. The number of H-pyrrole nitrogens is 1. The number of benzene rings is 1. The van der Waals surface area contributed by atoms with Crippen LogP contribution in [0.3, 0.4) is 0 Å². The van der Waals surface area contributed by atoms with Gasteiger partial charge in [-0.05, 0) is 19.1 Å². The summed E-state index contributed by atoms with van der Waals surface area (Å²) in [6.45, 7) is 0.831. The van der Waals surface area contributed by atoms with Crippen LogP contribution in [0.15, 0.2) is 46.6 Å². The van der Waals surface area contributed by atoms with E-state index < -0.39 is 65.1 Å². The molecular formula is C23H18F7N7O2. The maximum absolute atomic E-state index is 14.8. The molecule has 2 N–H and O–H groups in total. The van der Waals surface area contributed by atoms with Crippen LogP contribution in [0.4, 0.5) is 36.4 Å². The number of hydrogen-bond donors (Lipinski definition) is 2. The number of nitrogens with one attached hydrogen (secondary N) is 2. The Hall–Kier alpha value is -4.37. The second kappa shape index (κ2) is 10.8. The molecule has 0 aliphatic rings. The van der Waals surface area contributed by atoms with Crippen LogP contribution in [0.5, 0.6) is 0 Å². The van der Waals surface area contributed by atoms with E-state index in [9.17, 15) is 40.3 Å². The number of halogens is 7. The van der Waals surface area contributed by atoms with Gasteiger partial charge in [0.05, 0.1) is 46.8 Å². The van der Waals surface area contributed by atoms with Gasteiger partial charge < -0.3 is 5.32 Å². The fourth-order valence-corrected chi connectivity index (χ4v) is 3.86. The molecule has 39 heavy (non-hydrogen) atoms. The minimum atomic E-state index is -4.98. The van der Waals surface area contributed by atoms with Crippen molar-refractivity contribution in [3.63, 3.8) is 0 Å². The highest BCUT2D eigenvalue weighted by Gasteiger charge is 2.37. The van der Waals surface area contributed by atoms with Crippen molar-refractivity contribution in [3.8, 4) is 11.4 Å². The molecule has 0 spiro atoms. The van der Waals surface area contributed by atoms with E-state index in [1.165, 1.54) is 6.92 Å². The smallest absolute Gasteiger partial charge is 0.381 e. The third-order valence-corrected chi connectivity index (χ3v) is 5.62. The molecule has 0 bridgehead atoms. The lowest BCUT2D eigenvalue weighted by molar-refractivity contribution is -0.138. The van der Waals surface area contributed by atoms with Crippen molar-refractivity contribution in [2.24, 2.45) is 0 Å². The van der Waals surface area contributed by atoms with E-state index >= 15 is 0 Å². The number of nitrogens with zero attached hydrogens (tertiary/aromatic N) is 5. The van der Waals surface area contributed by atoms with Gasteiger partial charge in [-0.25, -0.2) is 37.6 Å². The van der Waals surface area contributed by atoms with Crippen molar-refractivity contribution in [2.45, 2.75) is 44.7 Å². The summed E-state index contributed by atoms with van der Waals surface area (Å²) in [6, 6.07) is 1.09. The fraction of sp³-hybridized carbons (Fsp3) is 0.304. The summed E-state index contributed by atoms with van der Waals surface area (Å²) in [7, 11) is 0. The molecule has 0 aliphatic carbocycles. The van der Waals surface area contributed by atoms with E-state index in [-0.39, 0.29) is 28.7 Å². The van der Waals surface area contributed by atoms with Crippen LogP contribution < -0.4 is 16.4 Å². The molecule has 3 aromatic heterocycles. The van der Waals surface area contributed by atoms with Crippen molar-refractivity contribution in [1.82, 2.24) is 29.7 Å². The standard InChI is InChI=1S/C23H18F7N7O2/c1-10(35-17-7-34-36-21(38)18(17)23(28,29)30)2-12(24)8-37-9-33-16-4-13(15(25)3-14(16)22(37)39)20-31-5-11(6-32-20)19(26)27/h3-7,9-10,12,19H,2,8H2,1H3,(H2,35,36,38)/t10-,12-/m0/s1. The van der Waals surface area contributed by atoms with E-state index in [0.717, 1.165) is 41.6 Å². The topological polar surface area (TPSA) is 118 Å². The molecule has 0 amide bonds. The van der Waals surface area contributed by atoms with Crippen molar-refractivity contribution in [1.29, 1.82) is 0 Å². The molecule has 0 saturated carbocycles. The molecule has 1 aromatic carbocycles. The number of anilines is 1. The summed E-state index contributed by atoms with van der Waals surface area (Å²) in [6.07, 6.45) is -6.45. The molecule has 4 rings (SSSR count). The maximum atomic E-state index is 14.8. The van der Waals surface area contributed by atoms with E-state index in [0.29, 0.717) is 0 Å². The highest BCUT2D eigenvalue weighted by Crippen LogP contribution is 2.32. The molecule has 3 heterocycles. The number of rotatable bonds is 8. The lowest BCUT2D eigenvalue weighted by Crippen LogP contribution is -2.30. The quantitative estimate of drug-likeness (QED) is 0.311. The van der Waals surface area contributed by atoms with E-state index in [1.807, 2.05) is 0 Å². The molecule has 0 unspecified atom stereocenters. The Kier molecular flexibility index (Phi) is 7.65. The summed E-state index contributed by atoms with van der Waals surface area (Å²) in [4.78, 5) is 35.9.